The topological polar surface area (TPSA) is 117 Å². The second-order valence-corrected chi connectivity index (χ2v) is 7.64. The van der Waals surface area contributed by atoms with Crippen LogP contribution in [0.4, 0.5) is 17.3 Å². The zero-order chi connectivity index (χ0) is 23.7. The quantitative estimate of drug-likeness (QED) is 0.387. The van der Waals surface area contributed by atoms with Gasteiger partial charge in [0.25, 0.3) is 0 Å². The maximum atomic E-state index is 5.76. The van der Waals surface area contributed by atoms with Crippen molar-refractivity contribution in [1.82, 2.24) is 24.7 Å². The van der Waals surface area contributed by atoms with E-state index in [1.54, 1.807) is 31.3 Å². The molecule has 3 heterocycles. The Labute approximate surface area is 195 Å². The van der Waals surface area contributed by atoms with Crippen molar-refractivity contribution in [2.45, 2.75) is 6.54 Å². The Morgan fingerprint density at radius 1 is 0.941 bits per heavy atom. The first-order chi connectivity index (χ1) is 16.5. The van der Waals surface area contributed by atoms with Crippen LogP contribution in [0.1, 0.15) is 5.89 Å². The molecule has 0 aliphatic carbocycles. The zero-order valence-electron chi connectivity index (χ0n) is 19.0. The van der Waals surface area contributed by atoms with Gasteiger partial charge >= 0.3 is 0 Å². The zero-order valence-corrected chi connectivity index (χ0v) is 19.0. The lowest BCUT2D eigenvalue weighted by Crippen LogP contribution is -2.17. The van der Waals surface area contributed by atoms with Crippen LogP contribution in [0.15, 0.2) is 65.6 Å². The second-order valence-electron chi connectivity index (χ2n) is 7.64. The standard InChI is InChI=1S/C24H23N7O3/c1-30-13-15(10-28-30)22-11-26-20-5-4-16(8-21(20)29-22)31(14-24-27-12-23(25)34-24)17-6-18(32-2)9-19(7-17)33-3/h4-13H,14,25H2,1-3H3. The summed E-state index contributed by atoms with van der Waals surface area (Å²) in [6, 6.07) is 11.5. The summed E-state index contributed by atoms with van der Waals surface area (Å²) in [4.78, 5) is 15.7. The highest BCUT2D eigenvalue weighted by atomic mass is 16.5. The molecule has 0 spiro atoms. The molecule has 10 heteroatoms. The number of hydrogen-bond acceptors (Lipinski definition) is 9. The third-order valence-corrected chi connectivity index (χ3v) is 5.35. The number of oxazole rings is 1. The molecule has 10 nitrogen and oxygen atoms in total. The average Bonchev–Trinajstić information content (AvgIpc) is 3.49. The number of aryl methyl sites for hydroxylation is 1. The molecule has 0 radical (unpaired) electrons. The van der Waals surface area contributed by atoms with Gasteiger partial charge < -0.3 is 24.5 Å². The van der Waals surface area contributed by atoms with Crippen LogP contribution in [-0.4, -0.2) is 39.0 Å². The van der Waals surface area contributed by atoms with Crippen LogP contribution in [0.25, 0.3) is 22.3 Å². The largest absolute Gasteiger partial charge is 0.497 e. The predicted molar refractivity (Wildman–Crippen MR) is 128 cm³/mol. The Kier molecular flexibility index (Phi) is 5.46. The molecule has 0 bridgehead atoms. The lowest BCUT2D eigenvalue weighted by molar-refractivity contribution is 0.394. The number of rotatable bonds is 7. The van der Waals surface area contributed by atoms with Gasteiger partial charge in [-0.25, -0.2) is 9.97 Å². The van der Waals surface area contributed by atoms with Gasteiger partial charge in [-0.05, 0) is 18.2 Å². The Bertz CT molecular complexity index is 1440. The van der Waals surface area contributed by atoms with Crippen LogP contribution in [-0.2, 0) is 13.6 Å². The maximum Gasteiger partial charge on any atom is 0.216 e. The van der Waals surface area contributed by atoms with Crippen molar-refractivity contribution in [3.8, 4) is 22.8 Å². The molecule has 2 N–H and O–H groups in total. The van der Waals surface area contributed by atoms with Gasteiger partial charge in [0.1, 0.15) is 11.5 Å². The summed E-state index contributed by atoms with van der Waals surface area (Å²) in [5.74, 6) is 2.04. The summed E-state index contributed by atoms with van der Waals surface area (Å²) in [5.41, 5.74) is 10.6. The van der Waals surface area contributed by atoms with Crippen LogP contribution < -0.4 is 20.1 Å². The maximum absolute atomic E-state index is 5.76. The summed E-state index contributed by atoms with van der Waals surface area (Å²) >= 11 is 0. The highest BCUT2D eigenvalue weighted by molar-refractivity contribution is 5.82. The fourth-order valence-electron chi connectivity index (χ4n) is 3.67. The number of ether oxygens (including phenoxy) is 2. The molecule has 2 aromatic carbocycles. The van der Waals surface area contributed by atoms with Crippen molar-refractivity contribution >= 4 is 28.3 Å². The molecule has 0 saturated carbocycles. The first-order valence-electron chi connectivity index (χ1n) is 10.5. The number of nitrogen functional groups attached to an aromatic ring is 1. The first-order valence-corrected chi connectivity index (χ1v) is 10.5. The second kappa shape index (κ2) is 8.74. The lowest BCUT2D eigenvalue weighted by Gasteiger charge is -2.25. The molecule has 172 valence electrons. The van der Waals surface area contributed by atoms with Gasteiger partial charge in [-0.3, -0.25) is 9.67 Å². The number of benzene rings is 2. The van der Waals surface area contributed by atoms with Crippen LogP contribution in [0.5, 0.6) is 11.5 Å². The van der Waals surface area contributed by atoms with Crippen LogP contribution in [0.3, 0.4) is 0 Å². The van der Waals surface area contributed by atoms with Gasteiger partial charge in [0.2, 0.25) is 11.8 Å². The van der Waals surface area contributed by atoms with Crippen molar-refractivity contribution in [1.29, 1.82) is 0 Å². The molecular formula is C24H23N7O3. The number of anilines is 3. The monoisotopic (exact) mass is 457 g/mol. The number of hydrogen-bond donors (Lipinski definition) is 1. The van der Waals surface area contributed by atoms with Gasteiger partial charge in [0.15, 0.2) is 0 Å². The first kappa shape index (κ1) is 21.3. The van der Waals surface area contributed by atoms with E-state index in [-0.39, 0.29) is 5.88 Å². The molecular weight excluding hydrogens is 434 g/mol. The molecule has 0 amide bonds. The Morgan fingerprint density at radius 3 is 2.38 bits per heavy atom. The molecule has 3 aromatic heterocycles. The highest BCUT2D eigenvalue weighted by Gasteiger charge is 2.17. The van der Waals surface area contributed by atoms with Crippen molar-refractivity contribution in [2.75, 3.05) is 24.9 Å². The van der Waals surface area contributed by atoms with Crippen LogP contribution in [0.2, 0.25) is 0 Å². The molecule has 34 heavy (non-hydrogen) atoms. The SMILES string of the molecule is COc1cc(OC)cc(N(Cc2ncc(N)o2)c2ccc3ncc(-c4cnn(C)c4)nc3c2)c1. The van der Waals surface area contributed by atoms with Crippen LogP contribution >= 0.6 is 0 Å². The number of nitrogens with two attached hydrogens (primary N) is 1. The molecule has 0 aliphatic rings. The molecule has 0 unspecified atom stereocenters. The fourth-order valence-corrected chi connectivity index (χ4v) is 3.67. The van der Waals surface area contributed by atoms with E-state index in [9.17, 15) is 0 Å². The minimum Gasteiger partial charge on any atom is -0.497 e. The van der Waals surface area contributed by atoms with Gasteiger partial charge in [-0.15, -0.1) is 0 Å². The van der Waals surface area contributed by atoms with Gasteiger partial charge in [-0.2, -0.15) is 5.10 Å². The third-order valence-electron chi connectivity index (χ3n) is 5.35. The van der Waals surface area contributed by atoms with E-state index in [4.69, 9.17) is 24.6 Å². The van der Waals surface area contributed by atoms with E-state index in [1.165, 1.54) is 6.20 Å². The van der Waals surface area contributed by atoms with Crippen molar-refractivity contribution in [3.63, 3.8) is 0 Å². The van der Waals surface area contributed by atoms with Gasteiger partial charge in [0, 0.05) is 48.4 Å². The summed E-state index contributed by atoms with van der Waals surface area (Å²) in [6.45, 7) is 0.328. The van der Waals surface area contributed by atoms with Gasteiger partial charge in [0.05, 0.1) is 56.1 Å². The summed E-state index contributed by atoms with van der Waals surface area (Å²) in [5, 5.41) is 4.23. The summed E-state index contributed by atoms with van der Waals surface area (Å²) in [7, 11) is 5.10. The van der Waals surface area contributed by atoms with E-state index < -0.39 is 0 Å². The molecule has 0 aliphatic heterocycles. The lowest BCUT2D eigenvalue weighted by atomic mass is 10.2. The van der Waals surface area contributed by atoms with Crippen LogP contribution in [0, 0.1) is 0 Å². The van der Waals surface area contributed by atoms with Crippen molar-refractivity contribution < 1.29 is 13.9 Å². The van der Waals surface area contributed by atoms with E-state index in [0.29, 0.717) is 23.9 Å². The molecule has 0 atom stereocenters. The number of methoxy groups -OCH3 is 2. The third kappa shape index (κ3) is 4.20. The fraction of sp³-hybridized carbons (Fsp3) is 0.167. The average molecular weight is 457 g/mol. The van der Waals surface area contributed by atoms with E-state index >= 15 is 0 Å². The molecule has 0 saturated heterocycles. The van der Waals surface area contributed by atoms with E-state index in [0.717, 1.165) is 33.7 Å². The molecule has 5 rings (SSSR count). The molecule has 5 aromatic rings. The van der Waals surface area contributed by atoms with Gasteiger partial charge in [-0.1, -0.05) is 0 Å². The minimum atomic E-state index is 0.253. The smallest absolute Gasteiger partial charge is 0.216 e. The normalized spacial score (nSPS) is 11.0. The van der Waals surface area contributed by atoms with E-state index in [2.05, 4.69) is 15.1 Å². The number of fused-ring (bicyclic) bond motifs is 1. The number of aromatic nitrogens is 5. The Balaban J connectivity index is 1.62. The van der Waals surface area contributed by atoms with Crippen molar-refractivity contribution in [2.24, 2.45) is 7.05 Å². The minimum absolute atomic E-state index is 0.253. The van der Waals surface area contributed by atoms with E-state index in [1.807, 2.05) is 54.5 Å². The summed E-state index contributed by atoms with van der Waals surface area (Å²) < 4.78 is 18.3. The Morgan fingerprint density at radius 2 is 1.74 bits per heavy atom. The summed E-state index contributed by atoms with van der Waals surface area (Å²) in [6.07, 6.45) is 6.91. The molecule has 0 fully saturated rings. The Hall–Kier alpha value is -4.60. The predicted octanol–water partition coefficient (Wildman–Crippen LogP) is 3.96. The highest BCUT2D eigenvalue weighted by Crippen LogP contribution is 2.35. The number of nitrogens with zero attached hydrogens (tertiary/aromatic N) is 6. The van der Waals surface area contributed by atoms with Crippen molar-refractivity contribution in [3.05, 3.63) is 67.1 Å².